The molecule has 0 radical (unpaired) electrons. The summed E-state index contributed by atoms with van der Waals surface area (Å²) in [7, 11) is 1.44. The van der Waals surface area contributed by atoms with E-state index in [9.17, 15) is 14.9 Å². The predicted molar refractivity (Wildman–Crippen MR) is 115 cm³/mol. The first kappa shape index (κ1) is 21.5. The van der Waals surface area contributed by atoms with Gasteiger partial charge in [-0.1, -0.05) is 36.4 Å². The van der Waals surface area contributed by atoms with Crippen LogP contribution in [0.4, 0.5) is 11.4 Å². The fourth-order valence-electron chi connectivity index (χ4n) is 3.58. The van der Waals surface area contributed by atoms with E-state index >= 15 is 0 Å². The highest BCUT2D eigenvalue weighted by atomic mass is 16.6. The van der Waals surface area contributed by atoms with Gasteiger partial charge in [-0.15, -0.1) is 0 Å². The van der Waals surface area contributed by atoms with Crippen LogP contribution >= 0.6 is 0 Å². The van der Waals surface area contributed by atoms with E-state index in [-0.39, 0.29) is 17.3 Å². The highest BCUT2D eigenvalue weighted by Crippen LogP contribution is 2.28. The minimum absolute atomic E-state index is 0.169. The lowest BCUT2D eigenvalue weighted by atomic mass is 10.2. The number of amides is 1. The number of hydrogen-bond acceptors (Lipinski definition) is 4. The van der Waals surface area contributed by atoms with Crippen LogP contribution in [-0.4, -0.2) is 57.2 Å². The number of piperazine rings is 1. The maximum Gasteiger partial charge on any atom is 0.296 e. The molecule has 30 heavy (non-hydrogen) atoms. The Kier molecular flexibility index (Phi) is 7.53. The van der Waals surface area contributed by atoms with Crippen LogP contribution in [0.2, 0.25) is 0 Å². The van der Waals surface area contributed by atoms with E-state index in [2.05, 4.69) is 29.6 Å². The quantitative estimate of drug-likeness (QED) is 0.422. The first-order valence-electron chi connectivity index (χ1n) is 10.1. The van der Waals surface area contributed by atoms with E-state index in [0.29, 0.717) is 12.3 Å². The number of nitro groups is 1. The van der Waals surface area contributed by atoms with Gasteiger partial charge in [-0.25, -0.2) is 0 Å². The summed E-state index contributed by atoms with van der Waals surface area (Å²) in [5, 5.41) is 13.9. The molecule has 0 aliphatic carbocycles. The van der Waals surface area contributed by atoms with Gasteiger partial charge in [0.2, 0.25) is 0 Å². The van der Waals surface area contributed by atoms with Crippen LogP contribution in [0, 0.1) is 10.1 Å². The Labute approximate surface area is 175 Å². The fourth-order valence-corrected chi connectivity index (χ4v) is 3.58. The predicted octanol–water partition coefficient (Wildman–Crippen LogP) is 0.0387. The summed E-state index contributed by atoms with van der Waals surface area (Å²) >= 11 is 0. The average Bonchev–Trinajstić information content (AvgIpc) is 2.76. The minimum atomic E-state index is -0.518. The van der Waals surface area contributed by atoms with Crippen molar-refractivity contribution in [3.05, 3.63) is 70.3 Å². The molecule has 0 atom stereocenters. The van der Waals surface area contributed by atoms with Gasteiger partial charge >= 0.3 is 0 Å². The summed E-state index contributed by atoms with van der Waals surface area (Å²) in [6.45, 7) is 5.04. The molecule has 0 bridgehead atoms. The molecular formula is C22H28N4O4+2. The van der Waals surface area contributed by atoms with Crippen molar-refractivity contribution in [3.8, 4) is 5.75 Å². The maximum absolute atomic E-state index is 12.4. The molecule has 2 aromatic carbocycles. The molecule has 1 heterocycles. The summed E-state index contributed by atoms with van der Waals surface area (Å²) in [6, 6.07) is 14.6. The second-order valence-corrected chi connectivity index (χ2v) is 7.38. The molecule has 2 aromatic rings. The zero-order chi connectivity index (χ0) is 21.3. The van der Waals surface area contributed by atoms with Gasteiger partial charge in [0.15, 0.2) is 6.54 Å². The number of benzene rings is 2. The number of quaternary nitrogens is 2. The standard InChI is InChI=1S/C22H26N4O4/c1-30-19-9-10-20(21(16-19)26(28)29)23-22(27)17-25-14-12-24(13-15-25)11-5-8-18-6-3-2-4-7-18/h2-10,16H,11-15,17H2,1H3,(H,23,27)/p+2/b8-5+. The summed E-state index contributed by atoms with van der Waals surface area (Å²) in [5.41, 5.74) is 1.23. The first-order chi connectivity index (χ1) is 14.5. The Morgan fingerprint density at radius 1 is 1.13 bits per heavy atom. The minimum Gasteiger partial charge on any atom is -0.496 e. The molecule has 1 aliphatic heterocycles. The Hall–Kier alpha value is -3.23. The molecule has 3 N–H and O–H groups in total. The number of hydrogen-bond donors (Lipinski definition) is 3. The van der Waals surface area contributed by atoms with Crippen molar-refractivity contribution in [1.82, 2.24) is 0 Å². The van der Waals surface area contributed by atoms with Crippen molar-refractivity contribution in [1.29, 1.82) is 0 Å². The fraction of sp³-hybridized carbons (Fsp3) is 0.318. The van der Waals surface area contributed by atoms with Crippen LogP contribution < -0.4 is 19.9 Å². The number of methoxy groups -OCH3 is 1. The lowest BCUT2D eigenvalue weighted by molar-refractivity contribution is -1.01. The number of nitrogens with one attached hydrogen (secondary N) is 3. The van der Waals surface area contributed by atoms with Gasteiger partial charge in [0.25, 0.3) is 11.6 Å². The number of carbonyl (C=O) groups is 1. The third-order valence-corrected chi connectivity index (χ3v) is 5.27. The van der Waals surface area contributed by atoms with Crippen LogP contribution in [0.25, 0.3) is 6.08 Å². The zero-order valence-corrected chi connectivity index (χ0v) is 17.1. The number of nitro benzene ring substituents is 1. The average molecular weight is 412 g/mol. The smallest absolute Gasteiger partial charge is 0.296 e. The number of ether oxygens (including phenoxy) is 1. The van der Waals surface area contributed by atoms with Crippen molar-refractivity contribution in [2.24, 2.45) is 0 Å². The molecule has 8 nitrogen and oxygen atoms in total. The van der Waals surface area contributed by atoms with Gasteiger partial charge in [0.1, 0.15) is 37.6 Å². The molecule has 0 aromatic heterocycles. The van der Waals surface area contributed by atoms with Crippen molar-refractivity contribution in [2.45, 2.75) is 0 Å². The largest absolute Gasteiger partial charge is 0.496 e. The van der Waals surface area contributed by atoms with Crippen LogP contribution in [0.1, 0.15) is 5.56 Å². The van der Waals surface area contributed by atoms with Crippen molar-refractivity contribution >= 4 is 23.4 Å². The van der Waals surface area contributed by atoms with Gasteiger partial charge in [-0.3, -0.25) is 14.9 Å². The molecule has 1 saturated heterocycles. The van der Waals surface area contributed by atoms with Gasteiger partial charge in [-0.05, 0) is 23.8 Å². The number of rotatable bonds is 8. The Morgan fingerprint density at radius 3 is 2.50 bits per heavy atom. The van der Waals surface area contributed by atoms with Crippen LogP contribution in [0.15, 0.2) is 54.6 Å². The van der Waals surface area contributed by atoms with Crippen LogP contribution in [0.5, 0.6) is 5.75 Å². The molecule has 0 spiro atoms. The summed E-state index contributed by atoms with van der Waals surface area (Å²) < 4.78 is 5.02. The first-order valence-corrected chi connectivity index (χ1v) is 10.1. The SMILES string of the molecule is COc1ccc(NC(=O)C[NH+]2CC[NH+](C/C=C/c3ccccc3)CC2)c([N+](=O)[O-])c1. The van der Waals surface area contributed by atoms with E-state index in [1.807, 2.05) is 18.2 Å². The van der Waals surface area contributed by atoms with E-state index < -0.39 is 4.92 Å². The van der Waals surface area contributed by atoms with Crippen molar-refractivity contribution in [2.75, 3.05) is 51.7 Å². The van der Waals surface area contributed by atoms with Crippen molar-refractivity contribution < 1.29 is 24.3 Å². The molecule has 158 valence electrons. The lowest BCUT2D eigenvalue weighted by Crippen LogP contribution is -3.28. The topological polar surface area (TPSA) is 90.3 Å². The molecule has 3 rings (SSSR count). The highest BCUT2D eigenvalue weighted by Gasteiger charge is 2.25. The molecule has 1 aliphatic rings. The van der Waals surface area contributed by atoms with Crippen LogP contribution in [0.3, 0.4) is 0 Å². The molecule has 8 heteroatoms. The molecular weight excluding hydrogens is 384 g/mol. The number of nitrogens with zero attached hydrogens (tertiary/aromatic N) is 1. The molecule has 1 fully saturated rings. The summed E-state index contributed by atoms with van der Waals surface area (Å²) in [5.74, 6) is 0.163. The normalized spacial score (nSPS) is 18.8. The lowest BCUT2D eigenvalue weighted by Gasteiger charge is -2.28. The van der Waals surface area contributed by atoms with Crippen LogP contribution in [-0.2, 0) is 4.79 Å². The zero-order valence-electron chi connectivity index (χ0n) is 17.1. The van der Waals surface area contributed by atoms with Gasteiger partial charge < -0.3 is 19.9 Å². The van der Waals surface area contributed by atoms with Gasteiger partial charge in [0, 0.05) is 0 Å². The Morgan fingerprint density at radius 2 is 1.83 bits per heavy atom. The molecule has 0 saturated carbocycles. The Bertz CT molecular complexity index is 893. The molecule has 1 amide bonds. The molecule has 0 unspecified atom stereocenters. The number of anilines is 1. The second-order valence-electron chi connectivity index (χ2n) is 7.38. The maximum atomic E-state index is 12.4. The van der Waals surface area contributed by atoms with E-state index in [1.165, 1.54) is 34.6 Å². The summed E-state index contributed by atoms with van der Waals surface area (Å²) in [4.78, 5) is 25.8. The van der Waals surface area contributed by atoms with E-state index in [1.54, 1.807) is 6.07 Å². The summed E-state index contributed by atoms with van der Waals surface area (Å²) in [6.07, 6.45) is 4.34. The van der Waals surface area contributed by atoms with Gasteiger partial charge in [0.05, 0.1) is 24.6 Å². The second kappa shape index (κ2) is 10.5. The highest BCUT2D eigenvalue weighted by molar-refractivity contribution is 5.93. The van der Waals surface area contributed by atoms with Crippen molar-refractivity contribution in [3.63, 3.8) is 0 Å². The number of carbonyl (C=O) groups excluding carboxylic acids is 1. The van der Waals surface area contributed by atoms with E-state index in [4.69, 9.17) is 4.74 Å². The third-order valence-electron chi connectivity index (χ3n) is 5.27. The Balaban J connectivity index is 1.45. The third kappa shape index (κ3) is 6.13. The monoisotopic (exact) mass is 412 g/mol. The van der Waals surface area contributed by atoms with E-state index in [0.717, 1.165) is 32.7 Å². The van der Waals surface area contributed by atoms with Gasteiger partial charge in [-0.2, -0.15) is 0 Å².